The number of benzene rings is 3. The Hall–Kier alpha value is -1.94. The van der Waals surface area contributed by atoms with Gasteiger partial charge in [-0.15, -0.1) is 0 Å². The van der Waals surface area contributed by atoms with E-state index in [9.17, 15) is 0 Å². The minimum absolute atomic E-state index is 0. The zero-order chi connectivity index (χ0) is 14.3. The first kappa shape index (κ1) is 16.4. The molecule has 3 aromatic rings. The molecule has 3 nitrogen and oxygen atoms in total. The number of nitrogens with one attached hydrogen (secondary N) is 1. The molecule has 4 heteroatoms. The Morgan fingerprint density at radius 2 is 0.955 bits per heavy atom. The van der Waals surface area contributed by atoms with Crippen LogP contribution >= 0.6 is 0 Å². The van der Waals surface area contributed by atoms with Crippen molar-refractivity contribution in [3.8, 4) is 0 Å². The van der Waals surface area contributed by atoms with Gasteiger partial charge in [0.1, 0.15) is 0 Å². The Morgan fingerprint density at radius 1 is 0.500 bits per heavy atom. The number of azo groups is 1. The molecule has 0 aromatic heterocycles. The Balaban J connectivity index is 0.00000176. The summed E-state index contributed by atoms with van der Waals surface area (Å²) >= 11 is 0. The van der Waals surface area contributed by atoms with E-state index in [0.29, 0.717) is 0 Å². The van der Waals surface area contributed by atoms with E-state index < -0.39 is 0 Å². The summed E-state index contributed by atoms with van der Waals surface area (Å²) in [6, 6.07) is 27.6. The first-order chi connectivity index (χ1) is 10.4. The summed E-state index contributed by atoms with van der Waals surface area (Å²) in [5, 5.41) is 11.7. The van der Waals surface area contributed by atoms with Gasteiger partial charge in [-0.3, -0.25) is 0 Å². The van der Waals surface area contributed by atoms with Gasteiger partial charge in [0, 0.05) is 40.9 Å². The molecule has 3 rings (SSSR count). The summed E-state index contributed by atoms with van der Waals surface area (Å²) in [5.41, 5.74) is 3.78. The molecular weight excluding hydrogens is 281 g/mol. The molecule has 1 radical (unpaired) electrons. The first-order valence-electron chi connectivity index (χ1n) is 6.79. The molecule has 3 aromatic carbocycles. The molecule has 0 fully saturated rings. The van der Waals surface area contributed by atoms with Gasteiger partial charge in [0.2, 0.25) is 0 Å². The molecule has 0 heterocycles. The molecule has 0 saturated carbocycles. The van der Waals surface area contributed by atoms with E-state index in [4.69, 9.17) is 0 Å². The number of hydrogen-bond acceptors (Lipinski definition) is 3. The first-order valence-corrected chi connectivity index (χ1v) is 6.79. The van der Waals surface area contributed by atoms with Crippen LogP contribution in [-0.2, 0) is 0 Å². The molecule has 0 aliphatic carbocycles. The van der Waals surface area contributed by atoms with Gasteiger partial charge in [0.25, 0.3) is 0 Å². The molecule has 0 saturated heterocycles. The molecule has 0 atom stereocenters. The van der Waals surface area contributed by atoms with E-state index in [1.54, 1.807) is 0 Å². The monoisotopic (exact) mass is 296 g/mol. The van der Waals surface area contributed by atoms with Crippen molar-refractivity contribution in [3.63, 3.8) is 0 Å². The maximum absolute atomic E-state index is 4.22. The van der Waals surface area contributed by atoms with Crippen molar-refractivity contribution in [3.05, 3.63) is 84.9 Å². The maximum atomic E-state index is 4.22. The van der Waals surface area contributed by atoms with Gasteiger partial charge in [0.05, 0.1) is 11.4 Å². The smallest absolute Gasteiger partial charge is 0.0858 e. The Kier molecular flexibility index (Phi) is 6.34. The average molecular weight is 296 g/mol. The third kappa shape index (κ3) is 4.81. The molecule has 22 heavy (non-hydrogen) atoms. The van der Waals surface area contributed by atoms with Crippen LogP contribution in [0.3, 0.4) is 0 Å². The Bertz CT molecular complexity index is 710. The fraction of sp³-hybridized carbons (Fsp3) is 0. The van der Waals surface area contributed by atoms with Crippen LogP contribution in [-0.4, -0.2) is 29.6 Å². The molecular formula is C18H15N3Na. The minimum Gasteiger partial charge on any atom is -0.356 e. The van der Waals surface area contributed by atoms with Crippen LogP contribution < -0.4 is 5.32 Å². The van der Waals surface area contributed by atoms with Crippen LogP contribution in [0.5, 0.6) is 0 Å². The van der Waals surface area contributed by atoms with Crippen molar-refractivity contribution in [1.82, 2.24) is 0 Å². The van der Waals surface area contributed by atoms with Crippen molar-refractivity contribution in [2.75, 3.05) is 5.32 Å². The van der Waals surface area contributed by atoms with Gasteiger partial charge >= 0.3 is 0 Å². The second-order valence-corrected chi connectivity index (χ2v) is 4.57. The van der Waals surface area contributed by atoms with Gasteiger partial charge in [-0.05, 0) is 48.5 Å². The molecule has 0 aliphatic rings. The van der Waals surface area contributed by atoms with E-state index in [2.05, 4.69) is 15.5 Å². The van der Waals surface area contributed by atoms with Crippen LogP contribution in [0.4, 0.5) is 22.7 Å². The Labute approximate surface area is 152 Å². The van der Waals surface area contributed by atoms with Crippen molar-refractivity contribution >= 4 is 52.3 Å². The Morgan fingerprint density at radius 3 is 1.55 bits per heavy atom. The van der Waals surface area contributed by atoms with E-state index >= 15 is 0 Å². The second kappa shape index (κ2) is 8.49. The molecule has 0 amide bonds. The molecule has 0 spiro atoms. The third-order valence-corrected chi connectivity index (χ3v) is 2.97. The largest absolute Gasteiger partial charge is 0.356 e. The second-order valence-electron chi connectivity index (χ2n) is 4.57. The van der Waals surface area contributed by atoms with Crippen LogP contribution in [0.25, 0.3) is 0 Å². The van der Waals surface area contributed by atoms with E-state index in [1.807, 2.05) is 84.9 Å². The molecule has 0 bridgehead atoms. The van der Waals surface area contributed by atoms with Gasteiger partial charge < -0.3 is 5.32 Å². The number of hydrogen-bond donors (Lipinski definition) is 1. The van der Waals surface area contributed by atoms with Crippen molar-refractivity contribution in [1.29, 1.82) is 0 Å². The quantitative estimate of drug-likeness (QED) is 0.503. The zero-order valence-corrected chi connectivity index (χ0v) is 14.5. The fourth-order valence-corrected chi connectivity index (χ4v) is 1.91. The van der Waals surface area contributed by atoms with Crippen LogP contribution in [0.1, 0.15) is 0 Å². The van der Waals surface area contributed by atoms with E-state index in [-0.39, 0.29) is 29.6 Å². The summed E-state index contributed by atoms with van der Waals surface area (Å²) in [6.45, 7) is 0. The zero-order valence-electron chi connectivity index (χ0n) is 12.5. The molecule has 0 aliphatic heterocycles. The van der Waals surface area contributed by atoms with Crippen LogP contribution in [0, 0.1) is 0 Å². The SMILES string of the molecule is [Na].c1ccc(N=Nc2ccc(Nc3ccccc3)cc2)cc1. The minimum atomic E-state index is 0. The number of nitrogens with zero attached hydrogens (tertiary/aromatic N) is 2. The summed E-state index contributed by atoms with van der Waals surface area (Å²) in [5.74, 6) is 0. The van der Waals surface area contributed by atoms with E-state index in [1.165, 1.54) is 0 Å². The van der Waals surface area contributed by atoms with Crippen molar-refractivity contribution < 1.29 is 0 Å². The summed E-state index contributed by atoms with van der Waals surface area (Å²) in [7, 11) is 0. The normalized spacial score (nSPS) is 10.2. The maximum Gasteiger partial charge on any atom is 0.0858 e. The summed E-state index contributed by atoms with van der Waals surface area (Å²) in [4.78, 5) is 0. The predicted molar refractivity (Wildman–Crippen MR) is 92.5 cm³/mol. The predicted octanol–water partition coefficient (Wildman–Crippen LogP) is 5.46. The van der Waals surface area contributed by atoms with Gasteiger partial charge in [-0.25, -0.2) is 0 Å². The number of anilines is 2. The standard InChI is InChI=1S/C18H15N3.Na/c1-3-7-15(8-4-1)19-16-11-13-18(14-12-16)21-20-17-9-5-2-6-10-17;/h1-14,19H;. The third-order valence-electron chi connectivity index (χ3n) is 2.97. The summed E-state index contributed by atoms with van der Waals surface area (Å²) in [6.07, 6.45) is 0. The van der Waals surface area contributed by atoms with Gasteiger partial charge in [-0.2, -0.15) is 10.2 Å². The van der Waals surface area contributed by atoms with Gasteiger partial charge in [0.15, 0.2) is 0 Å². The number of para-hydroxylation sites is 1. The molecule has 1 N–H and O–H groups in total. The fourth-order valence-electron chi connectivity index (χ4n) is 1.91. The van der Waals surface area contributed by atoms with Crippen molar-refractivity contribution in [2.45, 2.75) is 0 Å². The average Bonchev–Trinajstić information content (AvgIpc) is 2.56. The van der Waals surface area contributed by atoms with Crippen molar-refractivity contribution in [2.24, 2.45) is 10.2 Å². The van der Waals surface area contributed by atoms with Crippen LogP contribution in [0.15, 0.2) is 95.2 Å². The molecule has 103 valence electrons. The topological polar surface area (TPSA) is 36.8 Å². The van der Waals surface area contributed by atoms with Gasteiger partial charge in [-0.1, -0.05) is 36.4 Å². The summed E-state index contributed by atoms with van der Waals surface area (Å²) < 4.78 is 0. The van der Waals surface area contributed by atoms with E-state index in [0.717, 1.165) is 22.7 Å². The van der Waals surface area contributed by atoms with Crippen LogP contribution in [0.2, 0.25) is 0 Å². The molecule has 0 unspecified atom stereocenters. The number of rotatable bonds is 4.